The van der Waals surface area contributed by atoms with E-state index in [1.807, 2.05) is 77.7 Å². The van der Waals surface area contributed by atoms with E-state index in [1.54, 1.807) is 14.2 Å². The van der Waals surface area contributed by atoms with Gasteiger partial charge in [-0.3, -0.25) is 9.59 Å². The van der Waals surface area contributed by atoms with E-state index >= 15 is 0 Å². The van der Waals surface area contributed by atoms with E-state index in [0.29, 0.717) is 17.0 Å². The topological polar surface area (TPSA) is 67.9 Å². The van der Waals surface area contributed by atoms with Crippen molar-refractivity contribution in [1.29, 1.82) is 0 Å². The van der Waals surface area contributed by atoms with Gasteiger partial charge in [0.2, 0.25) is 5.91 Å². The number of carbonyl (C=O) groups is 2. The fourth-order valence-corrected chi connectivity index (χ4v) is 4.66. The molecule has 3 aromatic carbocycles. The first-order valence-electron chi connectivity index (χ1n) is 11.1. The number of benzene rings is 3. The summed E-state index contributed by atoms with van der Waals surface area (Å²) in [6.45, 7) is 0. The molecule has 0 spiro atoms. The molecule has 6 nitrogen and oxygen atoms in total. The van der Waals surface area contributed by atoms with Crippen LogP contribution < -0.4 is 14.8 Å². The van der Waals surface area contributed by atoms with Gasteiger partial charge >= 0.3 is 0 Å². The quantitative estimate of drug-likeness (QED) is 0.596. The molecule has 2 amide bonds. The second-order valence-electron chi connectivity index (χ2n) is 8.45. The van der Waals surface area contributed by atoms with E-state index in [1.165, 1.54) is 0 Å². The number of nitrogens with one attached hydrogen (secondary N) is 1. The van der Waals surface area contributed by atoms with Crippen molar-refractivity contribution in [2.24, 2.45) is 0 Å². The van der Waals surface area contributed by atoms with Crippen LogP contribution in [0.1, 0.15) is 46.3 Å². The van der Waals surface area contributed by atoms with Crippen LogP contribution >= 0.6 is 0 Å². The number of nitrogens with zero attached hydrogens (tertiary/aromatic N) is 1. The summed E-state index contributed by atoms with van der Waals surface area (Å²) in [5.74, 6) is 0.682. The van der Waals surface area contributed by atoms with Gasteiger partial charge in [-0.1, -0.05) is 30.3 Å². The first kappa shape index (κ1) is 21.1. The molecule has 2 aliphatic rings. The van der Waals surface area contributed by atoms with Crippen LogP contribution in [0.5, 0.6) is 11.5 Å². The van der Waals surface area contributed by atoms with E-state index in [0.717, 1.165) is 29.7 Å². The zero-order valence-corrected chi connectivity index (χ0v) is 18.7. The lowest BCUT2D eigenvalue weighted by molar-refractivity contribution is -0.119. The highest BCUT2D eigenvalue weighted by Crippen LogP contribution is 2.48. The molecule has 1 heterocycles. The molecular formula is C27H26N2O4. The smallest absolute Gasteiger partial charge is 0.254 e. The summed E-state index contributed by atoms with van der Waals surface area (Å²) in [5.41, 5.74) is 2.91. The predicted molar refractivity (Wildman–Crippen MR) is 126 cm³/mol. The Kier molecular flexibility index (Phi) is 5.50. The summed E-state index contributed by atoms with van der Waals surface area (Å²) in [5, 5.41) is 3.06. The number of fused-ring (bicyclic) bond motifs is 1. The Hall–Kier alpha value is -3.80. The lowest BCUT2D eigenvalue weighted by Gasteiger charge is -2.42. The third-order valence-corrected chi connectivity index (χ3v) is 6.39. The van der Waals surface area contributed by atoms with Crippen LogP contribution in [-0.2, 0) is 4.79 Å². The Balaban J connectivity index is 1.60. The lowest BCUT2D eigenvalue weighted by atomic mass is 9.79. The summed E-state index contributed by atoms with van der Waals surface area (Å²) in [6.07, 6.45) is 1.89. The summed E-state index contributed by atoms with van der Waals surface area (Å²) in [4.78, 5) is 29.3. The SMILES string of the molecule is COc1ccc(NC(=O)[C@@H]2c3ccccc3C(=O)N(C3CC3)[C@@H]2c2cccc(OC)c2)cc1. The minimum Gasteiger partial charge on any atom is -0.497 e. The Morgan fingerprint density at radius 1 is 0.909 bits per heavy atom. The van der Waals surface area contributed by atoms with Crippen LogP contribution in [0.25, 0.3) is 0 Å². The molecule has 1 N–H and O–H groups in total. The third-order valence-electron chi connectivity index (χ3n) is 6.39. The number of amides is 2. The molecule has 0 unspecified atom stereocenters. The molecule has 1 saturated carbocycles. The normalized spacial score (nSPS) is 19.6. The Labute approximate surface area is 193 Å². The molecular weight excluding hydrogens is 416 g/mol. The van der Waals surface area contributed by atoms with Crippen molar-refractivity contribution >= 4 is 17.5 Å². The molecule has 33 heavy (non-hydrogen) atoms. The average molecular weight is 443 g/mol. The fraction of sp³-hybridized carbons (Fsp3) is 0.259. The van der Waals surface area contributed by atoms with Crippen molar-refractivity contribution < 1.29 is 19.1 Å². The monoisotopic (exact) mass is 442 g/mol. The van der Waals surface area contributed by atoms with E-state index in [9.17, 15) is 9.59 Å². The number of carbonyl (C=O) groups excluding carboxylic acids is 2. The fourth-order valence-electron chi connectivity index (χ4n) is 4.66. The van der Waals surface area contributed by atoms with Crippen LogP contribution in [0.15, 0.2) is 72.8 Å². The first-order chi connectivity index (χ1) is 16.1. The molecule has 0 saturated heterocycles. The van der Waals surface area contributed by atoms with Gasteiger partial charge in [0.15, 0.2) is 0 Å². The van der Waals surface area contributed by atoms with Crippen molar-refractivity contribution in [3.8, 4) is 11.5 Å². The van der Waals surface area contributed by atoms with Crippen molar-refractivity contribution in [2.75, 3.05) is 19.5 Å². The molecule has 168 valence electrons. The van der Waals surface area contributed by atoms with E-state index in [4.69, 9.17) is 9.47 Å². The van der Waals surface area contributed by atoms with Gasteiger partial charge in [0.05, 0.1) is 26.2 Å². The van der Waals surface area contributed by atoms with E-state index < -0.39 is 12.0 Å². The zero-order valence-electron chi connectivity index (χ0n) is 18.7. The van der Waals surface area contributed by atoms with Crippen LogP contribution in [-0.4, -0.2) is 37.0 Å². The van der Waals surface area contributed by atoms with Crippen LogP contribution in [0.3, 0.4) is 0 Å². The van der Waals surface area contributed by atoms with Gasteiger partial charge in [-0.15, -0.1) is 0 Å². The van der Waals surface area contributed by atoms with Gasteiger partial charge in [-0.2, -0.15) is 0 Å². The maximum atomic E-state index is 13.8. The number of methoxy groups -OCH3 is 2. The summed E-state index contributed by atoms with van der Waals surface area (Å²) in [6, 6.07) is 22.1. The molecule has 5 rings (SSSR count). The zero-order chi connectivity index (χ0) is 22.9. The van der Waals surface area contributed by atoms with Crippen molar-refractivity contribution in [1.82, 2.24) is 4.90 Å². The number of rotatable bonds is 6. The Morgan fingerprint density at radius 2 is 1.64 bits per heavy atom. The van der Waals surface area contributed by atoms with Gasteiger partial charge in [0, 0.05) is 17.3 Å². The standard InChI is InChI=1S/C27H26N2O4/c1-32-20-14-10-18(11-15-20)28-26(30)24-22-8-3-4-9-23(22)27(31)29(19-12-13-19)25(24)17-6-5-7-21(16-17)33-2/h3-11,14-16,19,24-25H,12-13H2,1-2H3,(H,28,30)/t24-,25-/m1/s1. The number of hydrogen-bond donors (Lipinski definition) is 1. The minimum absolute atomic E-state index is 0.0191. The summed E-state index contributed by atoms with van der Waals surface area (Å²) in [7, 11) is 3.22. The highest BCUT2D eigenvalue weighted by molar-refractivity contribution is 6.04. The molecule has 1 aliphatic heterocycles. The molecule has 0 radical (unpaired) electrons. The first-order valence-corrected chi connectivity index (χ1v) is 11.1. The summed E-state index contributed by atoms with van der Waals surface area (Å²) < 4.78 is 10.7. The molecule has 1 aliphatic carbocycles. The molecule has 3 aromatic rings. The highest BCUT2D eigenvalue weighted by atomic mass is 16.5. The number of anilines is 1. The van der Waals surface area contributed by atoms with Crippen LogP contribution in [0.2, 0.25) is 0 Å². The predicted octanol–water partition coefficient (Wildman–Crippen LogP) is 4.79. The maximum Gasteiger partial charge on any atom is 0.254 e. The molecule has 0 aromatic heterocycles. The van der Waals surface area contributed by atoms with Crippen LogP contribution in [0, 0.1) is 0 Å². The lowest BCUT2D eigenvalue weighted by Crippen LogP contribution is -2.47. The van der Waals surface area contributed by atoms with Crippen molar-refractivity contribution in [3.05, 3.63) is 89.5 Å². The molecule has 2 atom stereocenters. The van der Waals surface area contributed by atoms with Crippen molar-refractivity contribution in [3.63, 3.8) is 0 Å². The van der Waals surface area contributed by atoms with Gasteiger partial charge in [0.1, 0.15) is 11.5 Å². The number of ether oxygens (including phenoxy) is 2. The Bertz CT molecular complexity index is 1190. The molecule has 0 bridgehead atoms. The maximum absolute atomic E-state index is 13.8. The summed E-state index contributed by atoms with van der Waals surface area (Å²) >= 11 is 0. The minimum atomic E-state index is -0.561. The van der Waals surface area contributed by atoms with Gasteiger partial charge < -0.3 is 19.7 Å². The second-order valence-corrected chi connectivity index (χ2v) is 8.45. The average Bonchev–Trinajstić information content (AvgIpc) is 3.69. The second kappa shape index (κ2) is 8.62. The van der Waals surface area contributed by atoms with E-state index in [2.05, 4.69) is 5.32 Å². The van der Waals surface area contributed by atoms with Gasteiger partial charge in [-0.25, -0.2) is 0 Å². The largest absolute Gasteiger partial charge is 0.497 e. The number of hydrogen-bond acceptors (Lipinski definition) is 4. The van der Waals surface area contributed by atoms with Crippen LogP contribution in [0.4, 0.5) is 5.69 Å². The third kappa shape index (κ3) is 3.93. The Morgan fingerprint density at radius 3 is 2.33 bits per heavy atom. The highest BCUT2D eigenvalue weighted by Gasteiger charge is 2.49. The van der Waals surface area contributed by atoms with Gasteiger partial charge in [-0.05, 0) is 66.4 Å². The molecule has 6 heteroatoms. The van der Waals surface area contributed by atoms with E-state index in [-0.39, 0.29) is 17.9 Å². The van der Waals surface area contributed by atoms with Gasteiger partial charge in [0.25, 0.3) is 5.91 Å². The van der Waals surface area contributed by atoms with Crippen molar-refractivity contribution in [2.45, 2.75) is 30.8 Å². The molecule has 1 fully saturated rings.